The van der Waals surface area contributed by atoms with Crippen molar-refractivity contribution >= 4 is 17.3 Å². The molecule has 16 heavy (non-hydrogen) atoms. The van der Waals surface area contributed by atoms with Crippen molar-refractivity contribution in [2.75, 3.05) is 18.5 Å². The molecule has 0 radical (unpaired) electrons. The lowest BCUT2D eigenvalue weighted by molar-refractivity contribution is -0.119. The van der Waals surface area contributed by atoms with Crippen LogP contribution in [0.2, 0.25) is 5.02 Å². The zero-order valence-electron chi connectivity index (χ0n) is 8.35. The number of hydrogen-bond acceptors (Lipinski definition) is 2. The molecule has 0 aliphatic carbocycles. The average Bonchev–Trinajstić information content (AvgIpc) is 2.14. The highest BCUT2D eigenvalue weighted by Gasteiger charge is 2.30. The fourth-order valence-corrected chi connectivity index (χ4v) is 1.46. The Morgan fingerprint density at radius 2 is 2.06 bits per heavy atom. The molecule has 2 nitrogen and oxygen atoms in total. The molecule has 0 unspecified atom stereocenters. The van der Waals surface area contributed by atoms with E-state index in [2.05, 4.69) is 0 Å². The Balaban J connectivity index is 3.00. The first kappa shape index (κ1) is 12.7. The van der Waals surface area contributed by atoms with Gasteiger partial charge in [0, 0.05) is 12.1 Å². The minimum atomic E-state index is -4.30. The van der Waals surface area contributed by atoms with Crippen molar-refractivity contribution in [1.29, 1.82) is 5.26 Å². The molecule has 0 N–H and O–H groups in total. The van der Waals surface area contributed by atoms with Gasteiger partial charge in [-0.25, -0.2) is 0 Å². The van der Waals surface area contributed by atoms with Gasteiger partial charge in [0.2, 0.25) is 0 Å². The molecule has 1 aromatic rings. The lowest BCUT2D eigenvalue weighted by Crippen LogP contribution is -2.31. The second-order valence-electron chi connectivity index (χ2n) is 3.24. The predicted molar refractivity (Wildman–Crippen MR) is 55.5 cm³/mol. The topological polar surface area (TPSA) is 27.0 Å². The Morgan fingerprint density at radius 1 is 1.44 bits per heavy atom. The van der Waals surface area contributed by atoms with Gasteiger partial charge in [-0.1, -0.05) is 11.6 Å². The van der Waals surface area contributed by atoms with Crippen LogP contribution in [-0.2, 0) is 0 Å². The minimum Gasteiger partial charge on any atom is -0.365 e. The van der Waals surface area contributed by atoms with E-state index in [9.17, 15) is 13.2 Å². The van der Waals surface area contributed by atoms with Crippen LogP contribution in [0, 0.1) is 11.3 Å². The van der Waals surface area contributed by atoms with Gasteiger partial charge in [-0.05, 0) is 18.2 Å². The smallest absolute Gasteiger partial charge is 0.365 e. The van der Waals surface area contributed by atoms with Crippen LogP contribution in [0.4, 0.5) is 18.9 Å². The highest BCUT2D eigenvalue weighted by atomic mass is 35.5. The van der Waals surface area contributed by atoms with Gasteiger partial charge in [-0.2, -0.15) is 18.4 Å². The molecule has 0 bridgehead atoms. The summed E-state index contributed by atoms with van der Waals surface area (Å²) in [6.45, 7) is -1.11. The second-order valence-corrected chi connectivity index (χ2v) is 3.68. The third-order valence-corrected chi connectivity index (χ3v) is 2.14. The standard InChI is InChI=1S/C10H8ClF3N2/c1-16(6-10(12,13)14)9-3-2-8(11)4-7(9)5-15/h2-4H,6H2,1H3. The van der Waals surface area contributed by atoms with Gasteiger partial charge in [0.15, 0.2) is 0 Å². The molecule has 1 aromatic carbocycles. The Bertz CT molecular complexity index is 423. The third kappa shape index (κ3) is 3.31. The van der Waals surface area contributed by atoms with E-state index in [0.29, 0.717) is 5.02 Å². The quantitative estimate of drug-likeness (QED) is 0.804. The Morgan fingerprint density at radius 3 is 2.56 bits per heavy atom. The number of benzene rings is 1. The van der Waals surface area contributed by atoms with Crippen molar-refractivity contribution in [2.45, 2.75) is 6.18 Å². The van der Waals surface area contributed by atoms with Crippen molar-refractivity contribution in [3.63, 3.8) is 0 Å². The van der Waals surface area contributed by atoms with Gasteiger partial charge >= 0.3 is 6.18 Å². The normalized spacial score (nSPS) is 11.0. The maximum Gasteiger partial charge on any atom is 0.405 e. The van der Waals surface area contributed by atoms with E-state index < -0.39 is 12.7 Å². The number of halogens is 4. The molecule has 0 heterocycles. The first-order valence-corrected chi connectivity index (χ1v) is 4.69. The van der Waals surface area contributed by atoms with Crippen LogP contribution in [0.25, 0.3) is 0 Å². The van der Waals surface area contributed by atoms with E-state index in [1.54, 1.807) is 0 Å². The summed E-state index contributed by atoms with van der Waals surface area (Å²) < 4.78 is 36.5. The molecule has 86 valence electrons. The zero-order chi connectivity index (χ0) is 12.3. The lowest BCUT2D eigenvalue weighted by Gasteiger charge is -2.21. The predicted octanol–water partition coefficient (Wildman–Crippen LogP) is 3.21. The fourth-order valence-electron chi connectivity index (χ4n) is 1.28. The van der Waals surface area contributed by atoms with Crippen molar-refractivity contribution < 1.29 is 13.2 Å². The van der Waals surface area contributed by atoms with Gasteiger partial charge in [0.25, 0.3) is 0 Å². The van der Waals surface area contributed by atoms with E-state index >= 15 is 0 Å². The molecule has 1 rings (SSSR count). The first-order chi connectivity index (χ1) is 7.33. The maximum absolute atomic E-state index is 12.2. The van der Waals surface area contributed by atoms with Crippen molar-refractivity contribution in [3.05, 3.63) is 28.8 Å². The zero-order valence-corrected chi connectivity index (χ0v) is 9.10. The molecule has 0 aliphatic rings. The summed E-state index contributed by atoms with van der Waals surface area (Å²) in [5.41, 5.74) is 0.337. The maximum atomic E-state index is 12.2. The Labute approximate surface area is 95.8 Å². The van der Waals surface area contributed by atoms with Crippen molar-refractivity contribution in [2.24, 2.45) is 0 Å². The van der Waals surface area contributed by atoms with Crippen LogP contribution in [0.3, 0.4) is 0 Å². The van der Waals surface area contributed by atoms with Crippen LogP contribution >= 0.6 is 11.6 Å². The molecule has 0 aliphatic heterocycles. The van der Waals surface area contributed by atoms with E-state index in [-0.39, 0.29) is 11.3 Å². The summed E-state index contributed by atoms with van der Waals surface area (Å²) in [6, 6.07) is 5.99. The van der Waals surface area contributed by atoms with Crippen molar-refractivity contribution in [1.82, 2.24) is 0 Å². The number of anilines is 1. The molecule has 0 atom stereocenters. The van der Waals surface area contributed by atoms with Gasteiger partial charge in [-0.15, -0.1) is 0 Å². The summed E-state index contributed by atoms with van der Waals surface area (Å²) in [5, 5.41) is 9.09. The van der Waals surface area contributed by atoms with Crippen LogP contribution in [0.15, 0.2) is 18.2 Å². The molecule has 0 fully saturated rings. The van der Waals surface area contributed by atoms with E-state index in [1.165, 1.54) is 25.2 Å². The summed E-state index contributed by atoms with van der Waals surface area (Å²) >= 11 is 5.64. The molecular formula is C10H8ClF3N2. The molecule has 6 heteroatoms. The first-order valence-electron chi connectivity index (χ1n) is 4.31. The van der Waals surface area contributed by atoms with Gasteiger partial charge in [-0.3, -0.25) is 0 Å². The summed E-state index contributed by atoms with van der Waals surface area (Å²) in [4.78, 5) is 0.967. The van der Waals surface area contributed by atoms with E-state index in [0.717, 1.165) is 4.90 Å². The van der Waals surface area contributed by atoms with Crippen LogP contribution in [0.1, 0.15) is 5.56 Å². The SMILES string of the molecule is CN(CC(F)(F)F)c1ccc(Cl)cc1C#N. The number of alkyl halides is 3. The molecule has 0 aromatic heterocycles. The summed E-state index contributed by atoms with van der Waals surface area (Å²) in [5.74, 6) is 0. The largest absolute Gasteiger partial charge is 0.405 e. The van der Waals surface area contributed by atoms with Gasteiger partial charge in [0.05, 0.1) is 11.3 Å². The molecule has 0 amide bonds. The van der Waals surface area contributed by atoms with Gasteiger partial charge in [0.1, 0.15) is 12.6 Å². The Hall–Kier alpha value is -1.41. The van der Waals surface area contributed by atoms with E-state index in [1.807, 2.05) is 6.07 Å². The summed E-state index contributed by atoms with van der Waals surface area (Å²) in [7, 11) is 1.28. The monoisotopic (exact) mass is 248 g/mol. The number of nitriles is 1. The number of rotatable bonds is 2. The Kier molecular flexibility index (Phi) is 3.66. The van der Waals surface area contributed by atoms with Crippen LogP contribution < -0.4 is 4.90 Å². The van der Waals surface area contributed by atoms with Crippen LogP contribution in [-0.4, -0.2) is 19.8 Å². The highest BCUT2D eigenvalue weighted by Crippen LogP contribution is 2.25. The molecular weight excluding hydrogens is 241 g/mol. The summed E-state index contributed by atoms with van der Waals surface area (Å²) in [6.07, 6.45) is -4.30. The fraction of sp³-hybridized carbons (Fsp3) is 0.300. The van der Waals surface area contributed by atoms with E-state index in [4.69, 9.17) is 16.9 Å². The number of hydrogen-bond donors (Lipinski definition) is 0. The molecule has 0 spiro atoms. The number of nitrogens with zero attached hydrogens (tertiary/aromatic N) is 2. The second kappa shape index (κ2) is 4.62. The minimum absolute atomic E-state index is 0.124. The molecule has 0 saturated heterocycles. The molecule has 0 saturated carbocycles. The van der Waals surface area contributed by atoms with Crippen molar-refractivity contribution in [3.8, 4) is 6.07 Å². The van der Waals surface area contributed by atoms with Crippen LogP contribution in [0.5, 0.6) is 0 Å². The third-order valence-electron chi connectivity index (χ3n) is 1.91. The lowest BCUT2D eigenvalue weighted by atomic mass is 10.2. The highest BCUT2D eigenvalue weighted by molar-refractivity contribution is 6.30. The van der Waals surface area contributed by atoms with Gasteiger partial charge < -0.3 is 4.90 Å². The average molecular weight is 249 g/mol.